The van der Waals surface area contributed by atoms with E-state index < -0.39 is 16.0 Å². The van der Waals surface area contributed by atoms with Crippen LogP contribution in [0.15, 0.2) is 52.0 Å². The Balaban J connectivity index is 1.60. The zero-order chi connectivity index (χ0) is 20.9. The predicted molar refractivity (Wildman–Crippen MR) is 104 cm³/mol. The summed E-state index contributed by atoms with van der Waals surface area (Å²) in [5.41, 5.74) is 0.0605. The maximum absolute atomic E-state index is 12.4. The van der Waals surface area contributed by atoms with E-state index in [9.17, 15) is 18.0 Å². The Morgan fingerprint density at radius 2 is 2.07 bits per heavy atom. The van der Waals surface area contributed by atoms with E-state index in [1.807, 2.05) is 6.92 Å². The molecule has 1 aromatic heterocycles. The summed E-state index contributed by atoms with van der Waals surface area (Å²) in [6.45, 7) is 2.26. The van der Waals surface area contributed by atoms with Crippen LogP contribution in [0.2, 0.25) is 0 Å². The Morgan fingerprint density at radius 1 is 1.24 bits per heavy atom. The van der Waals surface area contributed by atoms with Crippen LogP contribution in [0.4, 0.5) is 0 Å². The van der Waals surface area contributed by atoms with Crippen molar-refractivity contribution in [2.75, 3.05) is 13.2 Å². The first-order valence-corrected chi connectivity index (χ1v) is 10.9. The molecule has 2 aromatic rings. The summed E-state index contributed by atoms with van der Waals surface area (Å²) in [6.07, 6.45) is 4.41. The van der Waals surface area contributed by atoms with E-state index in [2.05, 4.69) is 4.72 Å². The largest absolute Gasteiger partial charge is 0.468 e. The molecule has 3 rings (SSSR count). The van der Waals surface area contributed by atoms with E-state index in [1.165, 1.54) is 30.5 Å². The zero-order valence-electron chi connectivity index (χ0n) is 16.2. The number of likely N-dealkylation sites (tertiary alicyclic amines) is 1. The number of ether oxygens (including phenoxy) is 1. The Bertz CT molecular complexity index is 955. The first-order valence-electron chi connectivity index (χ1n) is 9.45. The highest BCUT2D eigenvalue weighted by Gasteiger charge is 2.24. The second-order valence-corrected chi connectivity index (χ2v) is 8.71. The summed E-state index contributed by atoms with van der Waals surface area (Å²) >= 11 is 0. The van der Waals surface area contributed by atoms with Gasteiger partial charge in [0, 0.05) is 12.6 Å². The van der Waals surface area contributed by atoms with Gasteiger partial charge in [0.05, 0.1) is 23.3 Å². The topological polar surface area (TPSA) is 106 Å². The summed E-state index contributed by atoms with van der Waals surface area (Å²) in [4.78, 5) is 26.3. The number of furan rings is 1. The number of benzene rings is 1. The molecule has 1 fully saturated rings. The Labute approximate surface area is 169 Å². The van der Waals surface area contributed by atoms with Crippen LogP contribution in [-0.2, 0) is 26.1 Å². The fraction of sp³-hybridized carbons (Fsp3) is 0.400. The van der Waals surface area contributed by atoms with Crippen LogP contribution in [0.25, 0.3) is 0 Å². The van der Waals surface area contributed by atoms with Gasteiger partial charge in [0.15, 0.2) is 6.61 Å². The van der Waals surface area contributed by atoms with Gasteiger partial charge in [-0.2, -0.15) is 0 Å². The number of hydrogen-bond acceptors (Lipinski definition) is 6. The zero-order valence-corrected chi connectivity index (χ0v) is 17.0. The number of esters is 1. The van der Waals surface area contributed by atoms with Crippen LogP contribution in [-0.4, -0.2) is 44.4 Å². The van der Waals surface area contributed by atoms with Gasteiger partial charge in [-0.25, -0.2) is 17.9 Å². The molecule has 1 aromatic carbocycles. The first-order chi connectivity index (χ1) is 13.9. The quantitative estimate of drug-likeness (QED) is 0.689. The molecule has 1 aliphatic rings. The van der Waals surface area contributed by atoms with E-state index in [4.69, 9.17) is 9.15 Å². The van der Waals surface area contributed by atoms with E-state index in [1.54, 1.807) is 17.0 Å². The average Bonchev–Trinajstić information content (AvgIpc) is 3.24. The van der Waals surface area contributed by atoms with Gasteiger partial charge in [-0.15, -0.1) is 0 Å². The number of piperidine rings is 1. The third kappa shape index (κ3) is 5.45. The monoisotopic (exact) mass is 420 g/mol. The molecule has 0 saturated carbocycles. The number of carbonyl (C=O) groups excluding carboxylic acids is 2. The molecule has 1 amide bonds. The second kappa shape index (κ2) is 9.23. The van der Waals surface area contributed by atoms with E-state index in [0.29, 0.717) is 12.3 Å². The second-order valence-electron chi connectivity index (χ2n) is 6.94. The molecule has 29 heavy (non-hydrogen) atoms. The predicted octanol–water partition coefficient (Wildman–Crippen LogP) is 2.32. The minimum atomic E-state index is -3.84. The smallest absolute Gasteiger partial charge is 0.338 e. The lowest BCUT2D eigenvalue weighted by molar-refractivity contribution is -0.137. The first kappa shape index (κ1) is 21.1. The number of sulfonamides is 1. The van der Waals surface area contributed by atoms with Gasteiger partial charge < -0.3 is 14.1 Å². The summed E-state index contributed by atoms with van der Waals surface area (Å²) in [6, 6.07) is 8.93. The van der Waals surface area contributed by atoms with Crippen molar-refractivity contribution in [3.8, 4) is 0 Å². The number of carbonyl (C=O) groups is 2. The van der Waals surface area contributed by atoms with Gasteiger partial charge in [0.2, 0.25) is 10.0 Å². The molecule has 1 N–H and O–H groups in total. The van der Waals surface area contributed by atoms with Crippen LogP contribution in [0.1, 0.15) is 42.3 Å². The molecule has 156 valence electrons. The molecule has 0 unspecified atom stereocenters. The van der Waals surface area contributed by atoms with Gasteiger partial charge in [0.25, 0.3) is 5.91 Å². The number of nitrogens with one attached hydrogen (secondary N) is 1. The summed E-state index contributed by atoms with van der Waals surface area (Å²) < 4.78 is 37.5. The van der Waals surface area contributed by atoms with Crippen molar-refractivity contribution < 1.29 is 27.2 Å². The number of rotatable bonds is 7. The van der Waals surface area contributed by atoms with Crippen molar-refractivity contribution in [3.05, 3.63) is 54.0 Å². The van der Waals surface area contributed by atoms with Gasteiger partial charge in [-0.05, 0) is 56.5 Å². The van der Waals surface area contributed by atoms with Crippen molar-refractivity contribution in [3.63, 3.8) is 0 Å². The highest BCUT2D eigenvalue weighted by atomic mass is 32.2. The van der Waals surface area contributed by atoms with Gasteiger partial charge in [-0.3, -0.25) is 4.79 Å². The Morgan fingerprint density at radius 3 is 2.79 bits per heavy atom. The number of nitrogens with zero attached hydrogens (tertiary/aromatic N) is 1. The van der Waals surface area contributed by atoms with Crippen LogP contribution in [0, 0.1) is 0 Å². The maximum Gasteiger partial charge on any atom is 0.338 e. The van der Waals surface area contributed by atoms with Crippen molar-refractivity contribution in [1.29, 1.82) is 0 Å². The third-order valence-electron chi connectivity index (χ3n) is 4.85. The lowest BCUT2D eigenvalue weighted by atomic mass is 10.0. The van der Waals surface area contributed by atoms with Crippen molar-refractivity contribution in [2.45, 2.75) is 43.7 Å². The van der Waals surface area contributed by atoms with Crippen LogP contribution < -0.4 is 4.72 Å². The third-order valence-corrected chi connectivity index (χ3v) is 6.25. The minimum absolute atomic E-state index is 0.00741. The highest BCUT2D eigenvalue weighted by molar-refractivity contribution is 7.89. The van der Waals surface area contributed by atoms with E-state index in [0.717, 1.165) is 19.3 Å². The summed E-state index contributed by atoms with van der Waals surface area (Å²) in [7, 11) is -3.84. The summed E-state index contributed by atoms with van der Waals surface area (Å²) in [5, 5.41) is 0. The SMILES string of the molecule is C[C@@H]1CCCCN1C(=O)COC(=O)c1cccc(S(=O)(=O)NCc2ccco2)c1. The summed E-state index contributed by atoms with van der Waals surface area (Å²) in [5.74, 6) is -0.518. The standard InChI is InChI=1S/C20H24N2O6S/c1-15-6-2-3-10-22(15)19(23)14-28-20(24)16-7-4-9-18(12-16)29(25,26)21-13-17-8-5-11-27-17/h4-5,7-9,11-12,15,21H,2-3,6,10,13-14H2,1H3/t15-/m1/s1. The number of hydrogen-bond donors (Lipinski definition) is 1. The molecular formula is C20H24N2O6S. The van der Waals surface area contributed by atoms with Crippen molar-refractivity contribution in [1.82, 2.24) is 9.62 Å². The minimum Gasteiger partial charge on any atom is -0.468 e. The normalized spacial score (nSPS) is 17.1. The number of amides is 1. The van der Waals surface area contributed by atoms with Crippen molar-refractivity contribution in [2.24, 2.45) is 0 Å². The molecule has 2 heterocycles. The Kier molecular flexibility index (Phi) is 6.71. The van der Waals surface area contributed by atoms with Crippen molar-refractivity contribution >= 4 is 21.9 Å². The lowest BCUT2D eigenvalue weighted by Gasteiger charge is -2.33. The van der Waals surface area contributed by atoms with Gasteiger partial charge in [-0.1, -0.05) is 6.07 Å². The molecule has 0 spiro atoms. The molecule has 8 nitrogen and oxygen atoms in total. The molecule has 1 saturated heterocycles. The molecule has 1 atom stereocenters. The van der Waals surface area contributed by atoms with E-state index in [-0.39, 0.29) is 35.6 Å². The fourth-order valence-corrected chi connectivity index (χ4v) is 4.25. The lowest BCUT2D eigenvalue weighted by Crippen LogP contribution is -2.44. The maximum atomic E-state index is 12.4. The molecule has 1 aliphatic heterocycles. The molecule has 0 aliphatic carbocycles. The average molecular weight is 420 g/mol. The van der Waals surface area contributed by atoms with Crippen LogP contribution >= 0.6 is 0 Å². The van der Waals surface area contributed by atoms with Crippen LogP contribution in [0.5, 0.6) is 0 Å². The molecule has 0 bridgehead atoms. The van der Waals surface area contributed by atoms with Gasteiger partial charge >= 0.3 is 5.97 Å². The van der Waals surface area contributed by atoms with Crippen LogP contribution in [0.3, 0.4) is 0 Å². The van der Waals surface area contributed by atoms with Gasteiger partial charge in [0.1, 0.15) is 5.76 Å². The highest BCUT2D eigenvalue weighted by Crippen LogP contribution is 2.17. The Hall–Kier alpha value is -2.65. The molecular weight excluding hydrogens is 396 g/mol. The molecule has 0 radical (unpaired) electrons. The van der Waals surface area contributed by atoms with E-state index >= 15 is 0 Å². The fourth-order valence-electron chi connectivity index (χ4n) is 3.22. The molecule has 9 heteroatoms.